The molecule has 0 aromatic rings. The topological polar surface area (TPSA) is 0 Å². The normalized spacial score (nSPS) is 0. The van der Waals surface area contributed by atoms with Crippen molar-refractivity contribution in [2.45, 2.75) is 0 Å². The third-order valence-corrected chi connectivity index (χ3v) is 0. The van der Waals surface area contributed by atoms with Crippen LogP contribution >= 0.6 is 0 Å². The van der Waals surface area contributed by atoms with E-state index in [0.29, 0.717) is 0 Å². The summed E-state index contributed by atoms with van der Waals surface area (Å²) in [6.45, 7) is 0. The van der Waals surface area contributed by atoms with Crippen molar-refractivity contribution < 1.29 is 89.1 Å². The average Bonchev–Trinajstić information content (AvgIpc) is 0. The van der Waals surface area contributed by atoms with E-state index < -0.39 is 0 Å². The predicted octanol–water partition coefficient (Wildman–Crippen LogP) is -0.0125. The van der Waals surface area contributed by atoms with Crippen molar-refractivity contribution in [1.29, 1.82) is 0 Å². The molecule has 0 aliphatic carbocycles. The van der Waals surface area contributed by atoms with Crippen LogP contribution in [0.3, 0.4) is 0 Å². The molecule has 0 N–H and O–H groups in total. The summed E-state index contributed by atoms with van der Waals surface area (Å²) in [4.78, 5) is 0. The molecule has 0 heterocycles. The molecule has 0 atom stereocenters. The summed E-state index contributed by atoms with van der Waals surface area (Å²) < 4.78 is 0. The molecule has 0 nitrogen and oxygen atoms in total. The first-order valence-corrected chi connectivity index (χ1v) is 0. The van der Waals surface area contributed by atoms with Gasteiger partial charge in [0.1, 0.15) is 0 Å². The maximum atomic E-state index is 0. The van der Waals surface area contributed by atoms with Crippen molar-refractivity contribution in [2.75, 3.05) is 0 Å². The van der Waals surface area contributed by atoms with Gasteiger partial charge in [0.15, 0.2) is 0 Å². The van der Waals surface area contributed by atoms with Crippen LogP contribution < -0.4 is 0 Å². The van der Waals surface area contributed by atoms with Crippen molar-refractivity contribution in [1.82, 2.24) is 0 Å². The molecule has 0 amide bonds. The van der Waals surface area contributed by atoms with Crippen LogP contribution in [0.5, 0.6) is 0 Å². The third kappa shape index (κ3) is 20.1. The zero-order chi connectivity index (χ0) is 0. The molecule has 0 bridgehead atoms. The fourth-order valence-corrected chi connectivity index (χ4v) is 0. The number of hydrogen-bond acceptors (Lipinski definition) is 0. The van der Waals surface area contributed by atoms with Gasteiger partial charge in [-0.05, 0) is 0 Å². The van der Waals surface area contributed by atoms with Crippen LogP contribution in [0.4, 0.5) is 0 Å². The van der Waals surface area contributed by atoms with Gasteiger partial charge in [0.2, 0.25) is 0 Å². The maximum absolute atomic E-state index is 0. The van der Waals surface area contributed by atoms with Crippen molar-refractivity contribution in [3.05, 3.63) is 0 Å². The largest absolute Gasteiger partial charge is 0 e. The maximum Gasteiger partial charge on any atom is 0 e. The second-order valence-electron chi connectivity index (χ2n) is 0. The van der Waals surface area contributed by atoms with Crippen LogP contribution in [0, 0.1) is 0 Å². The van der Waals surface area contributed by atoms with Gasteiger partial charge in [-0.25, -0.2) is 0 Å². The Labute approximate surface area is 87.9 Å². The van der Waals surface area contributed by atoms with Crippen molar-refractivity contribution in [3.63, 3.8) is 0 Å². The van der Waals surface area contributed by atoms with E-state index in [-0.39, 0.29) is 89.1 Å². The molecule has 3 radical (unpaired) electrons. The van der Waals surface area contributed by atoms with E-state index in [1.54, 1.807) is 0 Å². The van der Waals surface area contributed by atoms with E-state index in [1.165, 1.54) is 0 Å². The van der Waals surface area contributed by atoms with Crippen LogP contribution in [-0.4, -0.2) is 0 Å². The Bertz CT molecular complexity index is 11.6. The first-order valence-electron chi connectivity index (χ1n) is 0. The zero-order valence-corrected chi connectivity index (χ0v) is 8.05. The molecule has 0 saturated carbocycles. The molecule has 5 heavy (non-hydrogen) atoms. The Kier molecular flexibility index (Phi) is 275. The van der Waals surface area contributed by atoms with Crippen LogP contribution in [0.2, 0.25) is 0 Å². The van der Waals surface area contributed by atoms with E-state index >= 15 is 0 Å². The summed E-state index contributed by atoms with van der Waals surface area (Å²) in [5.41, 5.74) is 0. The molecule has 0 unspecified atom stereocenters. The predicted molar refractivity (Wildman–Crippen MR) is 0 cm³/mol. The second kappa shape index (κ2) is 29.5. The van der Waals surface area contributed by atoms with E-state index in [9.17, 15) is 0 Å². The zero-order valence-electron chi connectivity index (χ0n) is 1.77. The smallest absolute Gasteiger partial charge is 0 e. The summed E-state index contributed by atoms with van der Waals surface area (Å²) in [6, 6.07) is 0. The van der Waals surface area contributed by atoms with Gasteiger partial charge in [0.05, 0.1) is 0 Å². The molecule has 0 spiro atoms. The monoisotopic (exact) mass is 331 g/mol. The SMILES string of the molecule is [Co].[Cu].[Fe].[Mn].[Mo]. The molecule has 0 aromatic heterocycles. The van der Waals surface area contributed by atoms with Gasteiger partial charge in [-0.15, -0.1) is 0 Å². The molecule has 0 aromatic carbocycles. The van der Waals surface area contributed by atoms with Crippen LogP contribution in [0.1, 0.15) is 0 Å². The minimum Gasteiger partial charge on any atom is 0 e. The Hall–Kier alpha value is 2.75. The first-order chi connectivity index (χ1) is 0. The van der Waals surface area contributed by atoms with E-state index in [0.717, 1.165) is 0 Å². The first kappa shape index (κ1) is 46.6. The van der Waals surface area contributed by atoms with Crippen molar-refractivity contribution in [3.8, 4) is 0 Å². The third-order valence-electron chi connectivity index (χ3n) is 0. The molecule has 41 valence electrons. The van der Waals surface area contributed by atoms with Crippen molar-refractivity contribution in [2.24, 2.45) is 0 Å². The summed E-state index contributed by atoms with van der Waals surface area (Å²) in [5.74, 6) is 0. The van der Waals surface area contributed by atoms with Gasteiger partial charge in [0.25, 0.3) is 0 Å². The molecule has 0 aliphatic heterocycles. The van der Waals surface area contributed by atoms with Gasteiger partial charge < -0.3 is 0 Å². The van der Waals surface area contributed by atoms with E-state index in [2.05, 4.69) is 0 Å². The average molecular weight is 329 g/mol. The van der Waals surface area contributed by atoms with Crippen LogP contribution in [0.25, 0.3) is 0 Å². The molecule has 5 heteroatoms. The fourth-order valence-electron chi connectivity index (χ4n) is 0. The van der Waals surface area contributed by atoms with Crippen molar-refractivity contribution >= 4 is 0 Å². The Morgan fingerprint density at radius 1 is 1.00 bits per heavy atom. The Morgan fingerprint density at radius 3 is 1.00 bits per heavy atom. The molecule has 0 saturated heterocycles. The van der Waals surface area contributed by atoms with Gasteiger partial charge in [-0.2, -0.15) is 0 Å². The second-order valence-corrected chi connectivity index (χ2v) is 0. The minimum absolute atomic E-state index is 0. The molecular weight excluding hydrogens is 329 g/mol. The number of rotatable bonds is 0. The fraction of sp³-hybridized carbons (Fsp3) is 0. The van der Waals surface area contributed by atoms with Gasteiger partial charge in [-0.3, -0.25) is 0 Å². The Balaban J connectivity index is 0. The minimum atomic E-state index is 0. The van der Waals surface area contributed by atoms with E-state index in [4.69, 9.17) is 0 Å². The summed E-state index contributed by atoms with van der Waals surface area (Å²) >= 11 is 0. The van der Waals surface area contributed by atoms with Gasteiger partial charge in [-0.1, -0.05) is 0 Å². The van der Waals surface area contributed by atoms with Gasteiger partial charge >= 0.3 is 0 Å². The number of hydrogen-bond donors (Lipinski definition) is 0. The van der Waals surface area contributed by atoms with Crippen LogP contribution in [0.15, 0.2) is 0 Å². The standard InChI is InChI=1S/Co.Cu.Fe.Mn.Mo. The summed E-state index contributed by atoms with van der Waals surface area (Å²) in [5, 5.41) is 0. The summed E-state index contributed by atoms with van der Waals surface area (Å²) in [7, 11) is 0. The molecule has 0 rings (SSSR count). The molecule has 0 fully saturated rings. The van der Waals surface area contributed by atoms with Gasteiger partial charge in [0, 0.05) is 89.1 Å². The molecule has 0 aliphatic rings. The Morgan fingerprint density at radius 2 is 1.00 bits per heavy atom. The summed E-state index contributed by atoms with van der Waals surface area (Å²) in [6.07, 6.45) is 0. The quantitative estimate of drug-likeness (QED) is 0.549. The molecular formula is CoCuFeMnMo. The van der Waals surface area contributed by atoms with Crippen LogP contribution in [-0.2, 0) is 89.1 Å². The van der Waals surface area contributed by atoms with E-state index in [1.807, 2.05) is 0 Å².